The third kappa shape index (κ3) is 3.80. The molecule has 4 nitrogen and oxygen atoms in total. The van der Waals surface area contributed by atoms with E-state index in [0.29, 0.717) is 0 Å². The highest BCUT2D eigenvalue weighted by molar-refractivity contribution is 9.10. The third-order valence-corrected chi connectivity index (χ3v) is 5.08. The smallest absolute Gasteiger partial charge is 0.0739 e. The van der Waals surface area contributed by atoms with Crippen molar-refractivity contribution in [3.05, 3.63) is 15.9 Å². The van der Waals surface area contributed by atoms with Crippen LogP contribution in [0.4, 0.5) is 0 Å². The van der Waals surface area contributed by atoms with Crippen LogP contribution in [-0.2, 0) is 13.1 Å². The molecular formula is C13H22Br2N4. The fourth-order valence-electron chi connectivity index (χ4n) is 2.52. The Labute approximate surface area is 132 Å². The molecule has 0 spiro atoms. The first-order valence-corrected chi connectivity index (χ1v) is 8.79. The highest BCUT2D eigenvalue weighted by atomic mass is 79.9. The number of hydrogen-bond donors (Lipinski definition) is 0. The summed E-state index contributed by atoms with van der Waals surface area (Å²) in [6.45, 7) is 11.9. The molecule has 0 unspecified atom stereocenters. The number of alkyl halides is 1. The van der Waals surface area contributed by atoms with Crippen molar-refractivity contribution < 1.29 is 0 Å². The number of hydrogen-bond acceptors (Lipinski definition) is 3. The van der Waals surface area contributed by atoms with E-state index in [1.54, 1.807) is 0 Å². The number of piperazine rings is 1. The van der Waals surface area contributed by atoms with E-state index in [-0.39, 0.29) is 0 Å². The van der Waals surface area contributed by atoms with Crippen LogP contribution in [0, 0.1) is 6.92 Å². The third-order valence-electron chi connectivity index (χ3n) is 3.69. The number of aryl methyl sites for hydroxylation is 2. The largest absolute Gasteiger partial charge is 0.300 e. The van der Waals surface area contributed by atoms with Crippen molar-refractivity contribution in [3.8, 4) is 0 Å². The average Bonchev–Trinajstić information content (AvgIpc) is 2.69. The Morgan fingerprint density at radius 2 is 1.79 bits per heavy atom. The van der Waals surface area contributed by atoms with E-state index in [2.05, 4.69) is 65.3 Å². The van der Waals surface area contributed by atoms with E-state index in [1.165, 1.54) is 23.3 Å². The van der Waals surface area contributed by atoms with E-state index < -0.39 is 0 Å². The summed E-state index contributed by atoms with van der Waals surface area (Å²) in [7, 11) is 0. The minimum Gasteiger partial charge on any atom is -0.300 e. The van der Waals surface area contributed by atoms with Crippen LogP contribution < -0.4 is 0 Å². The fraction of sp³-hybridized carbons (Fsp3) is 0.769. The Hall–Kier alpha value is 0.0900. The maximum Gasteiger partial charge on any atom is 0.0739 e. The molecule has 0 amide bonds. The Morgan fingerprint density at radius 1 is 1.16 bits per heavy atom. The van der Waals surface area contributed by atoms with Crippen LogP contribution in [-0.4, -0.2) is 57.6 Å². The summed E-state index contributed by atoms with van der Waals surface area (Å²) in [6, 6.07) is 0. The van der Waals surface area contributed by atoms with Gasteiger partial charge in [-0.2, -0.15) is 5.10 Å². The van der Waals surface area contributed by atoms with Crippen LogP contribution in [0.25, 0.3) is 0 Å². The van der Waals surface area contributed by atoms with Crippen LogP contribution in [0.15, 0.2) is 4.47 Å². The molecule has 0 aromatic carbocycles. The average molecular weight is 394 g/mol. The number of nitrogens with zero attached hydrogens (tertiary/aromatic N) is 4. The Balaban J connectivity index is 1.95. The van der Waals surface area contributed by atoms with E-state index >= 15 is 0 Å². The standard InChI is InChI=1S/C13H22Br2N4/c1-3-19-12(13(15)11(2)16-19)10-18-8-6-17(5-4-14)7-9-18/h3-10H2,1-2H3. The molecule has 1 aromatic heterocycles. The molecule has 1 aromatic rings. The van der Waals surface area contributed by atoms with Gasteiger partial charge in [-0.05, 0) is 29.8 Å². The van der Waals surface area contributed by atoms with Gasteiger partial charge in [-0.25, -0.2) is 0 Å². The zero-order chi connectivity index (χ0) is 13.8. The SMILES string of the molecule is CCn1nc(C)c(Br)c1CN1CCN(CCBr)CC1. The molecule has 6 heteroatoms. The van der Waals surface area contributed by atoms with Crippen LogP contribution >= 0.6 is 31.9 Å². The number of aromatic nitrogens is 2. The van der Waals surface area contributed by atoms with Gasteiger partial charge < -0.3 is 0 Å². The summed E-state index contributed by atoms with van der Waals surface area (Å²) >= 11 is 7.19. The van der Waals surface area contributed by atoms with Crippen molar-refractivity contribution >= 4 is 31.9 Å². The van der Waals surface area contributed by atoms with E-state index in [0.717, 1.165) is 43.7 Å². The molecule has 19 heavy (non-hydrogen) atoms. The summed E-state index contributed by atoms with van der Waals surface area (Å²) in [6.07, 6.45) is 0. The zero-order valence-electron chi connectivity index (χ0n) is 11.7. The maximum atomic E-state index is 4.57. The molecular weight excluding hydrogens is 372 g/mol. The zero-order valence-corrected chi connectivity index (χ0v) is 14.9. The van der Waals surface area contributed by atoms with Crippen molar-refractivity contribution in [3.63, 3.8) is 0 Å². The lowest BCUT2D eigenvalue weighted by molar-refractivity contribution is 0.130. The van der Waals surface area contributed by atoms with Gasteiger partial charge in [0.25, 0.3) is 0 Å². The summed E-state index contributed by atoms with van der Waals surface area (Å²) in [5.74, 6) is 0. The van der Waals surface area contributed by atoms with Gasteiger partial charge in [-0.3, -0.25) is 14.5 Å². The van der Waals surface area contributed by atoms with Crippen LogP contribution in [0.5, 0.6) is 0 Å². The van der Waals surface area contributed by atoms with E-state index in [1.807, 2.05) is 0 Å². The minimum atomic E-state index is 0.936. The Kier molecular flexibility index (Phi) is 5.87. The van der Waals surface area contributed by atoms with Gasteiger partial charge in [0, 0.05) is 51.1 Å². The molecule has 1 aliphatic heterocycles. The van der Waals surface area contributed by atoms with Crippen LogP contribution in [0.2, 0.25) is 0 Å². The van der Waals surface area contributed by atoms with Gasteiger partial charge in [-0.15, -0.1) is 0 Å². The minimum absolute atomic E-state index is 0.936. The lowest BCUT2D eigenvalue weighted by Crippen LogP contribution is -2.46. The van der Waals surface area contributed by atoms with Crippen LogP contribution in [0.3, 0.4) is 0 Å². The Morgan fingerprint density at radius 3 is 2.37 bits per heavy atom. The first kappa shape index (κ1) is 15.5. The lowest BCUT2D eigenvalue weighted by atomic mass is 10.2. The first-order valence-electron chi connectivity index (χ1n) is 6.88. The quantitative estimate of drug-likeness (QED) is 0.718. The highest BCUT2D eigenvalue weighted by Crippen LogP contribution is 2.23. The van der Waals surface area contributed by atoms with Crippen molar-refractivity contribution in [1.29, 1.82) is 0 Å². The second-order valence-corrected chi connectivity index (χ2v) is 6.55. The van der Waals surface area contributed by atoms with Gasteiger partial charge in [0.05, 0.1) is 15.9 Å². The second kappa shape index (κ2) is 7.20. The van der Waals surface area contributed by atoms with Crippen molar-refractivity contribution in [2.45, 2.75) is 26.9 Å². The molecule has 0 radical (unpaired) electrons. The molecule has 108 valence electrons. The molecule has 2 rings (SSSR count). The van der Waals surface area contributed by atoms with Gasteiger partial charge in [-0.1, -0.05) is 15.9 Å². The highest BCUT2D eigenvalue weighted by Gasteiger charge is 2.20. The molecule has 0 aliphatic carbocycles. The number of rotatable bonds is 5. The lowest BCUT2D eigenvalue weighted by Gasteiger charge is -2.34. The monoisotopic (exact) mass is 392 g/mol. The molecule has 1 saturated heterocycles. The molecule has 0 saturated carbocycles. The van der Waals surface area contributed by atoms with Crippen LogP contribution in [0.1, 0.15) is 18.3 Å². The normalized spacial score (nSPS) is 18.1. The van der Waals surface area contributed by atoms with Gasteiger partial charge in [0.2, 0.25) is 0 Å². The summed E-state index contributed by atoms with van der Waals surface area (Å²) in [5.41, 5.74) is 2.41. The van der Waals surface area contributed by atoms with Gasteiger partial charge >= 0.3 is 0 Å². The van der Waals surface area contributed by atoms with E-state index in [9.17, 15) is 0 Å². The summed E-state index contributed by atoms with van der Waals surface area (Å²) < 4.78 is 3.29. The molecule has 2 heterocycles. The molecule has 0 N–H and O–H groups in total. The number of halogens is 2. The molecule has 1 fully saturated rings. The predicted molar refractivity (Wildman–Crippen MR) is 85.8 cm³/mol. The molecule has 0 atom stereocenters. The van der Waals surface area contributed by atoms with Crippen molar-refractivity contribution in [1.82, 2.24) is 19.6 Å². The second-order valence-electron chi connectivity index (χ2n) is 4.97. The first-order chi connectivity index (χ1) is 9.15. The summed E-state index contributed by atoms with van der Waals surface area (Å²) in [4.78, 5) is 5.04. The van der Waals surface area contributed by atoms with E-state index in [4.69, 9.17) is 0 Å². The maximum absolute atomic E-state index is 4.57. The van der Waals surface area contributed by atoms with Gasteiger partial charge in [0.1, 0.15) is 0 Å². The predicted octanol–water partition coefficient (Wildman–Crippen LogP) is 2.49. The Bertz CT molecular complexity index is 411. The van der Waals surface area contributed by atoms with Crippen molar-refractivity contribution in [2.75, 3.05) is 38.1 Å². The van der Waals surface area contributed by atoms with Gasteiger partial charge in [0.15, 0.2) is 0 Å². The fourth-order valence-corrected chi connectivity index (χ4v) is 3.43. The van der Waals surface area contributed by atoms with Crippen molar-refractivity contribution in [2.24, 2.45) is 0 Å². The molecule has 1 aliphatic rings. The molecule has 0 bridgehead atoms. The topological polar surface area (TPSA) is 24.3 Å². The summed E-state index contributed by atoms with van der Waals surface area (Å²) in [5, 5.41) is 5.63.